The Bertz CT molecular complexity index is 919. The molecule has 25 heavy (non-hydrogen) atoms. The highest BCUT2D eigenvalue weighted by molar-refractivity contribution is 5.97. The molecule has 3 aromatic carbocycles. The molecule has 0 aromatic heterocycles. The second kappa shape index (κ2) is 6.36. The van der Waals surface area contributed by atoms with E-state index in [0.29, 0.717) is 11.7 Å². The average molecular weight is 330 g/mol. The quantitative estimate of drug-likeness (QED) is 0.460. The maximum absolute atomic E-state index is 12.8. The normalized spacial score (nSPS) is 16.8. The summed E-state index contributed by atoms with van der Waals surface area (Å²) in [4.78, 5) is 12.8. The van der Waals surface area contributed by atoms with Crippen LogP contribution in [0.25, 0.3) is 10.8 Å². The maximum atomic E-state index is 12.8. The first-order valence-corrected chi connectivity index (χ1v) is 8.99. The van der Waals surface area contributed by atoms with Gasteiger partial charge in [-0.3, -0.25) is 4.79 Å². The summed E-state index contributed by atoms with van der Waals surface area (Å²) in [7, 11) is 0. The molecule has 2 atom stereocenters. The Labute approximate surface area is 148 Å². The molecular weight excluding hydrogens is 308 g/mol. The van der Waals surface area contributed by atoms with E-state index in [-0.39, 0.29) is 11.9 Å². The van der Waals surface area contributed by atoms with Crippen molar-refractivity contribution in [3.05, 3.63) is 77.4 Å². The van der Waals surface area contributed by atoms with Crippen molar-refractivity contribution in [3.8, 4) is 5.75 Å². The third kappa shape index (κ3) is 2.82. The van der Waals surface area contributed by atoms with Gasteiger partial charge in [0.25, 0.3) is 0 Å². The molecule has 1 aliphatic rings. The van der Waals surface area contributed by atoms with Gasteiger partial charge in [-0.2, -0.15) is 0 Å². The molecule has 3 aromatic rings. The van der Waals surface area contributed by atoms with E-state index in [4.69, 9.17) is 4.74 Å². The molecule has 0 spiro atoms. The van der Waals surface area contributed by atoms with Crippen LogP contribution in [0, 0.1) is 0 Å². The van der Waals surface area contributed by atoms with Crippen LogP contribution in [0.2, 0.25) is 0 Å². The predicted octanol–water partition coefficient (Wildman–Crippen LogP) is 5.60. The van der Waals surface area contributed by atoms with Crippen molar-refractivity contribution in [2.45, 2.75) is 38.5 Å². The fraction of sp³-hybridized carbons (Fsp3) is 0.261. The summed E-state index contributed by atoms with van der Waals surface area (Å²) in [5.41, 5.74) is 3.61. The molecule has 0 N–H and O–H groups in total. The van der Waals surface area contributed by atoms with Gasteiger partial charge in [0.05, 0.1) is 5.92 Å². The zero-order valence-electron chi connectivity index (χ0n) is 14.7. The average Bonchev–Trinajstić information content (AvgIpc) is 3.03. The van der Waals surface area contributed by atoms with Crippen molar-refractivity contribution in [2.24, 2.45) is 0 Å². The van der Waals surface area contributed by atoms with Gasteiger partial charge in [-0.1, -0.05) is 62.4 Å². The molecular formula is C23H22O2. The lowest BCUT2D eigenvalue weighted by atomic mass is 9.98. The van der Waals surface area contributed by atoms with Gasteiger partial charge in [-0.05, 0) is 58.4 Å². The fourth-order valence-electron chi connectivity index (χ4n) is 3.74. The molecule has 0 saturated heterocycles. The van der Waals surface area contributed by atoms with E-state index in [1.54, 1.807) is 0 Å². The molecule has 0 radical (unpaired) electrons. The summed E-state index contributed by atoms with van der Waals surface area (Å²) < 4.78 is 5.69. The Hall–Kier alpha value is -2.61. The number of esters is 1. The smallest absolute Gasteiger partial charge is 0.319 e. The van der Waals surface area contributed by atoms with Gasteiger partial charge in [0.15, 0.2) is 0 Å². The number of carbonyl (C=O) groups excluding carboxylic acids is 1. The first-order chi connectivity index (χ1) is 12.2. The van der Waals surface area contributed by atoms with Gasteiger partial charge < -0.3 is 4.74 Å². The van der Waals surface area contributed by atoms with Crippen molar-refractivity contribution in [2.75, 3.05) is 0 Å². The molecule has 0 amide bonds. The highest BCUT2D eigenvalue weighted by Gasteiger charge is 2.31. The highest BCUT2D eigenvalue weighted by Crippen LogP contribution is 2.39. The van der Waals surface area contributed by atoms with Crippen LogP contribution >= 0.6 is 0 Å². The summed E-state index contributed by atoms with van der Waals surface area (Å²) in [5.74, 6) is 0.766. The van der Waals surface area contributed by atoms with Crippen molar-refractivity contribution in [3.63, 3.8) is 0 Å². The lowest BCUT2D eigenvalue weighted by Crippen LogP contribution is -2.18. The minimum absolute atomic E-state index is 0.167. The minimum Gasteiger partial charge on any atom is -0.426 e. The lowest BCUT2D eigenvalue weighted by molar-refractivity contribution is -0.136. The fourth-order valence-corrected chi connectivity index (χ4v) is 3.74. The van der Waals surface area contributed by atoms with Gasteiger partial charge in [-0.25, -0.2) is 0 Å². The SMILES string of the molecule is CCC(C)c1ccc(OC(=O)C2Cc3cccc4cccc2c34)cc1. The zero-order valence-corrected chi connectivity index (χ0v) is 14.7. The number of carbonyl (C=O) groups is 1. The number of ether oxygens (including phenoxy) is 1. The first-order valence-electron chi connectivity index (χ1n) is 8.99. The topological polar surface area (TPSA) is 26.3 Å². The van der Waals surface area contributed by atoms with E-state index in [1.807, 2.05) is 18.2 Å². The molecule has 126 valence electrons. The highest BCUT2D eigenvalue weighted by atomic mass is 16.5. The Morgan fingerprint density at radius 3 is 2.52 bits per heavy atom. The van der Waals surface area contributed by atoms with Crippen LogP contribution in [0.4, 0.5) is 0 Å². The van der Waals surface area contributed by atoms with Crippen LogP contribution in [-0.2, 0) is 11.2 Å². The zero-order chi connectivity index (χ0) is 17.4. The van der Waals surface area contributed by atoms with E-state index in [1.165, 1.54) is 21.9 Å². The van der Waals surface area contributed by atoms with Crippen molar-refractivity contribution in [1.29, 1.82) is 0 Å². The second-order valence-electron chi connectivity index (χ2n) is 6.92. The van der Waals surface area contributed by atoms with Crippen molar-refractivity contribution < 1.29 is 9.53 Å². The van der Waals surface area contributed by atoms with Crippen LogP contribution in [-0.4, -0.2) is 5.97 Å². The Balaban J connectivity index is 1.56. The molecule has 1 aliphatic carbocycles. The van der Waals surface area contributed by atoms with Gasteiger partial charge in [0, 0.05) is 0 Å². The lowest BCUT2D eigenvalue weighted by Gasteiger charge is -2.13. The molecule has 2 nitrogen and oxygen atoms in total. The van der Waals surface area contributed by atoms with E-state index in [2.05, 4.69) is 56.3 Å². The monoisotopic (exact) mass is 330 g/mol. The van der Waals surface area contributed by atoms with Gasteiger partial charge >= 0.3 is 5.97 Å². The summed E-state index contributed by atoms with van der Waals surface area (Å²) in [6.07, 6.45) is 1.82. The Morgan fingerprint density at radius 2 is 1.80 bits per heavy atom. The largest absolute Gasteiger partial charge is 0.426 e. The van der Waals surface area contributed by atoms with Crippen LogP contribution in [0.1, 0.15) is 48.8 Å². The Kier molecular flexibility index (Phi) is 4.04. The molecule has 4 rings (SSSR count). The van der Waals surface area contributed by atoms with Gasteiger partial charge in [0.1, 0.15) is 5.75 Å². The van der Waals surface area contributed by atoms with Crippen LogP contribution in [0.3, 0.4) is 0 Å². The molecule has 0 bridgehead atoms. The number of hydrogen-bond donors (Lipinski definition) is 0. The summed E-state index contributed by atoms with van der Waals surface area (Å²) >= 11 is 0. The number of rotatable bonds is 4. The van der Waals surface area contributed by atoms with Gasteiger partial charge in [-0.15, -0.1) is 0 Å². The van der Waals surface area contributed by atoms with E-state index in [0.717, 1.165) is 18.4 Å². The number of benzene rings is 3. The third-order valence-electron chi connectivity index (χ3n) is 5.39. The molecule has 0 heterocycles. The predicted molar refractivity (Wildman–Crippen MR) is 101 cm³/mol. The van der Waals surface area contributed by atoms with E-state index >= 15 is 0 Å². The van der Waals surface area contributed by atoms with E-state index < -0.39 is 0 Å². The minimum atomic E-state index is -0.213. The number of hydrogen-bond acceptors (Lipinski definition) is 2. The molecule has 2 unspecified atom stereocenters. The van der Waals surface area contributed by atoms with Crippen LogP contribution < -0.4 is 4.74 Å². The van der Waals surface area contributed by atoms with Gasteiger partial charge in [0.2, 0.25) is 0 Å². The standard InChI is InChI=1S/C23H22O2/c1-3-15(2)16-10-12-19(13-11-16)25-23(24)21-14-18-8-4-6-17-7-5-9-20(21)22(17)18/h4-13,15,21H,3,14H2,1-2H3. The maximum Gasteiger partial charge on any atom is 0.319 e. The molecule has 0 fully saturated rings. The van der Waals surface area contributed by atoms with E-state index in [9.17, 15) is 4.79 Å². The molecule has 2 heteroatoms. The Morgan fingerprint density at radius 1 is 1.08 bits per heavy atom. The summed E-state index contributed by atoms with van der Waals surface area (Å²) in [6, 6.07) is 20.4. The van der Waals surface area contributed by atoms with Crippen LogP contribution in [0.15, 0.2) is 60.7 Å². The van der Waals surface area contributed by atoms with Crippen LogP contribution in [0.5, 0.6) is 5.75 Å². The first kappa shape index (κ1) is 15.9. The summed E-state index contributed by atoms with van der Waals surface area (Å²) in [6.45, 7) is 4.38. The summed E-state index contributed by atoms with van der Waals surface area (Å²) in [5, 5.41) is 2.42. The van der Waals surface area contributed by atoms with Crippen molar-refractivity contribution in [1.82, 2.24) is 0 Å². The third-order valence-corrected chi connectivity index (χ3v) is 5.39. The molecule has 0 saturated carbocycles. The molecule has 0 aliphatic heterocycles. The second-order valence-corrected chi connectivity index (χ2v) is 6.92. The van der Waals surface area contributed by atoms with Crippen molar-refractivity contribution >= 4 is 16.7 Å².